The molecule has 2 aliphatic heterocycles. The molecule has 2 saturated heterocycles. The second-order valence-electron chi connectivity index (χ2n) is 5.72. The Labute approximate surface area is 110 Å². The van der Waals surface area contributed by atoms with Crippen molar-refractivity contribution in [3.8, 4) is 0 Å². The van der Waals surface area contributed by atoms with Crippen LogP contribution in [0.1, 0.15) is 38.4 Å². The minimum Gasteiger partial charge on any atom is -0.468 e. The summed E-state index contributed by atoms with van der Waals surface area (Å²) in [6.45, 7) is 7.08. The molecule has 0 aliphatic carbocycles. The van der Waals surface area contributed by atoms with Crippen molar-refractivity contribution in [3.63, 3.8) is 0 Å². The van der Waals surface area contributed by atoms with E-state index in [-0.39, 0.29) is 0 Å². The van der Waals surface area contributed by atoms with Crippen LogP contribution < -0.4 is 0 Å². The first kappa shape index (κ1) is 12.2. The summed E-state index contributed by atoms with van der Waals surface area (Å²) in [6, 6.07) is 5.58. The number of hydrogen-bond donors (Lipinski definition) is 0. The van der Waals surface area contributed by atoms with Gasteiger partial charge in [0.2, 0.25) is 0 Å². The molecule has 0 spiro atoms. The summed E-state index contributed by atoms with van der Waals surface area (Å²) in [7, 11) is 0. The number of fused-ring (bicyclic) bond motifs is 1. The molecule has 2 atom stereocenters. The lowest BCUT2D eigenvalue weighted by atomic mass is 9.96. The predicted molar refractivity (Wildman–Crippen MR) is 72.4 cm³/mol. The summed E-state index contributed by atoms with van der Waals surface area (Å²) in [6.07, 6.45) is 7.21. The number of hydrogen-bond acceptors (Lipinski definition) is 3. The van der Waals surface area contributed by atoms with E-state index in [0.29, 0.717) is 6.04 Å². The van der Waals surface area contributed by atoms with Gasteiger partial charge < -0.3 is 4.42 Å². The van der Waals surface area contributed by atoms with Crippen LogP contribution in [0.5, 0.6) is 0 Å². The van der Waals surface area contributed by atoms with Gasteiger partial charge in [-0.1, -0.05) is 13.3 Å². The fraction of sp³-hybridized carbons (Fsp3) is 0.733. The van der Waals surface area contributed by atoms with Gasteiger partial charge in [-0.3, -0.25) is 9.80 Å². The van der Waals surface area contributed by atoms with E-state index in [1.54, 1.807) is 6.26 Å². The highest BCUT2D eigenvalue weighted by Crippen LogP contribution is 2.26. The van der Waals surface area contributed by atoms with Crippen molar-refractivity contribution in [2.75, 3.05) is 19.6 Å². The number of piperidine rings is 1. The van der Waals surface area contributed by atoms with Gasteiger partial charge in [-0.15, -0.1) is 0 Å². The quantitative estimate of drug-likeness (QED) is 0.820. The Balaban J connectivity index is 1.68. The van der Waals surface area contributed by atoms with Crippen molar-refractivity contribution in [3.05, 3.63) is 24.2 Å². The lowest BCUT2D eigenvalue weighted by Gasteiger charge is -2.48. The van der Waals surface area contributed by atoms with Crippen molar-refractivity contribution in [2.24, 2.45) is 0 Å². The van der Waals surface area contributed by atoms with Crippen molar-refractivity contribution in [1.82, 2.24) is 9.80 Å². The highest BCUT2D eigenvalue weighted by Gasteiger charge is 2.34. The highest BCUT2D eigenvalue weighted by molar-refractivity contribution is 5.00. The molecule has 0 amide bonds. The predicted octanol–water partition coefficient (Wildman–Crippen LogP) is 2.73. The third-order valence-electron chi connectivity index (χ3n) is 4.57. The zero-order valence-corrected chi connectivity index (χ0v) is 11.3. The third-order valence-corrected chi connectivity index (χ3v) is 4.57. The van der Waals surface area contributed by atoms with Crippen molar-refractivity contribution in [2.45, 2.75) is 51.2 Å². The maximum Gasteiger partial charge on any atom is 0.117 e. The Morgan fingerprint density at radius 3 is 3.06 bits per heavy atom. The molecule has 2 fully saturated rings. The Morgan fingerprint density at radius 2 is 2.28 bits per heavy atom. The van der Waals surface area contributed by atoms with Gasteiger partial charge in [0.25, 0.3) is 0 Å². The van der Waals surface area contributed by atoms with E-state index in [0.717, 1.165) is 18.3 Å². The van der Waals surface area contributed by atoms with E-state index in [2.05, 4.69) is 22.8 Å². The number of rotatable bonds is 3. The van der Waals surface area contributed by atoms with Crippen LogP contribution in [0.2, 0.25) is 0 Å². The first-order valence-electron chi connectivity index (χ1n) is 7.37. The number of nitrogens with zero attached hydrogens (tertiary/aromatic N) is 2. The number of piperazine rings is 1. The van der Waals surface area contributed by atoms with Crippen molar-refractivity contribution in [1.29, 1.82) is 0 Å². The molecule has 0 aromatic carbocycles. The summed E-state index contributed by atoms with van der Waals surface area (Å²) in [4.78, 5) is 5.35. The molecule has 0 N–H and O–H groups in total. The minimum atomic E-state index is 0.699. The van der Waals surface area contributed by atoms with E-state index in [1.807, 2.05) is 6.07 Å². The van der Waals surface area contributed by atoms with Crippen LogP contribution >= 0.6 is 0 Å². The van der Waals surface area contributed by atoms with Gasteiger partial charge in [-0.25, -0.2) is 0 Å². The fourth-order valence-electron chi connectivity index (χ4n) is 3.50. The zero-order valence-electron chi connectivity index (χ0n) is 11.3. The lowest BCUT2D eigenvalue weighted by Crippen LogP contribution is -2.58. The smallest absolute Gasteiger partial charge is 0.117 e. The molecular weight excluding hydrogens is 224 g/mol. The minimum absolute atomic E-state index is 0.699. The summed E-state index contributed by atoms with van der Waals surface area (Å²) in [5.74, 6) is 1.11. The maximum absolute atomic E-state index is 5.51. The average Bonchev–Trinajstić information content (AvgIpc) is 2.91. The molecule has 0 saturated carbocycles. The van der Waals surface area contributed by atoms with Crippen LogP contribution in [-0.4, -0.2) is 41.5 Å². The fourth-order valence-corrected chi connectivity index (χ4v) is 3.50. The van der Waals surface area contributed by atoms with E-state index in [1.165, 1.54) is 45.3 Å². The molecule has 3 heteroatoms. The normalized spacial score (nSPS) is 30.3. The standard InChI is InChI=1S/C15H24N2O/c1-2-13-10-16-8-4-3-6-14(16)11-17(13)12-15-7-5-9-18-15/h5,7,9,13-14H,2-4,6,8,10-12H2,1H3. The zero-order chi connectivity index (χ0) is 12.4. The molecule has 3 heterocycles. The second kappa shape index (κ2) is 5.45. The summed E-state index contributed by atoms with van der Waals surface area (Å²) in [5, 5.41) is 0. The van der Waals surface area contributed by atoms with E-state index in [9.17, 15) is 0 Å². The van der Waals surface area contributed by atoms with Crippen molar-refractivity contribution < 1.29 is 4.42 Å². The largest absolute Gasteiger partial charge is 0.468 e. The third kappa shape index (κ3) is 2.47. The molecule has 18 heavy (non-hydrogen) atoms. The van der Waals surface area contributed by atoms with Gasteiger partial charge in [-0.05, 0) is 37.9 Å². The van der Waals surface area contributed by atoms with Crippen LogP contribution in [-0.2, 0) is 6.54 Å². The lowest BCUT2D eigenvalue weighted by molar-refractivity contribution is 0.000314. The SMILES string of the molecule is CCC1CN2CCCCC2CN1Cc1ccco1. The van der Waals surface area contributed by atoms with Crippen molar-refractivity contribution >= 4 is 0 Å². The molecule has 3 nitrogen and oxygen atoms in total. The molecule has 1 aromatic heterocycles. The van der Waals surface area contributed by atoms with Gasteiger partial charge in [0.15, 0.2) is 0 Å². The van der Waals surface area contributed by atoms with Gasteiger partial charge >= 0.3 is 0 Å². The van der Waals surface area contributed by atoms with E-state index >= 15 is 0 Å². The summed E-state index contributed by atoms with van der Waals surface area (Å²) < 4.78 is 5.51. The van der Waals surface area contributed by atoms with Crippen LogP contribution in [0.4, 0.5) is 0 Å². The molecule has 3 rings (SSSR count). The first-order chi connectivity index (χ1) is 8.86. The van der Waals surface area contributed by atoms with Gasteiger partial charge in [0.1, 0.15) is 5.76 Å². The molecule has 100 valence electrons. The average molecular weight is 248 g/mol. The molecule has 0 bridgehead atoms. The summed E-state index contributed by atoms with van der Waals surface area (Å²) >= 11 is 0. The van der Waals surface area contributed by atoms with E-state index < -0.39 is 0 Å². The Kier molecular flexibility index (Phi) is 3.71. The molecular formula is C15H24N2O. The van der Waals surface area contributed by atoms with Crippen LogP contribution in [0.25, 0.3) is 0 Å². The van der Waals surface area contributed by atoms with Gasteiger partial charge in [-0.2, -0.15) is 0 Å². The maximum atomic E-state index is 5.51. The molecule has 2 unspecified atom stereocenters. The highest BCUT2D eigenvalue weighted by atomic mass is 16.3. The Morgan fingerprint density at radius 1 is 1.33 bits per heavy atom. The molecule has 0 radical (unpaired) electrons. The number of furan rings is 1. The second-order valence-corrected chi connectivity index (χ2v) is 5.72. The van der Waals surface area contributed by atoms with Gasteiger partial charge in [0, 0.05) is 25.2 Å². The molecule has 1 aromatic rings. The topological polar surface area (TPSA) is 19.6 Å². The van der Waals surface area contributed by atoms with E-state index in [4.69, 9.17) is 4.42 Å². The first-order valence-corrected chi connectivity index (χ1v) is 7.37. The molecule has 2 aliphatic rings. The van der Waals surface area contributed by atoms with Crippen LogP contribution in [0.3, 0.4) is 0 Å². The monoisotopic (exact) mass is 248 g/mol. The van der Waals surface area contributed by atoms with Crippen LogP contribution in [0.15, 0.2) is 22.8 Å². The Hall–Kier alpha value is -0.800. The van der Waals surface area contributed by atoms with Gasteiger partial charge in [0.05, 0.1) is 12.8 Å². The summed E-state index contributed by atoms with van der Waals surface area (Å²) in [5.41, 5.74) is 0. The Bertz CT molecular complexity index is 363. The van der Waals surface area contributed by atoms with Crippen LogP contribution in [0, 0.1) is 0 Å².